The van der Waals surface area contributed by atoms with Gasteiger partial charge in [-0.25, -0.2) is 0 Å². The van der Waals surface area contributed by atoms with E-state index in [0.717, 1.165) is 18.8 Å². The lowest BCUT2D eigenvalue weighted by Gasteiger charge is -2.30. The largest absolute Gasteiger partial charge is 0.352 e. The fourth-order valence-corrected chi connectivity index (χ4v) is 2.60. The molecule has 1 amide bonds. The van der Waals surface area contributed by atoms with E-state index in [-0.39, 0.29) is 30.3 Å². The Bertz CT molecular complexity index is 238. The van der Waals surface area contributed by atoms with Gasteiger partial charge in [-0.15, -0.1) is 12.4 Å². The molecule has 1 aliphatic rings. The molecule has 0 saturated heterocycles. The van der Waals surface area contributed by atoms with E-state index in [1.165, 1.54) is 25.7 Å². The summed E-state index contributed by atoms with van der Waals surface area (Å²) < 4.78 is 0. The van der Waals surface area contributed by atoms with Crippen molar-refractivity contribution in [2.75, 3.05) is 0 Å². The molecule has 0 bridgehead atoms. The number of halogens is 1. The summed E-state index contributed by atoms with van der Waals surface area (Å²) in [5.74, 6) is 1.12. The molecular weight excluding hydrogens is 248 g/mol. The SMILES string of the molecule is CCCC1CCC(NC(=O)[C@H](N)C(C)C)CC1.Cl. The maximum absolute atomic E-state index is 11.8. The van der Waals surface area contributed by atoms with Crippen LogP contribution in [0, 0.1) is 11.8 Å². The zero-order valence-corrected chi connectivity index (χ0v) is 12.8. The van der Waals surface area contributed by atoms with E-state index in [0.29, 0.717) is 6.04 Å². The van der Waals surface area contributed by atoms with Gasteiger partial charge in [-0.05, 0) is 37.5 Å². The molecule has 4 heteroatoms. The normalized spacial score (nSPS) is 25.4. The van der Waals surface area contributed by atoms with E-state index in [1.807, 2.05) is 13.8 Å². The van der Waals surface area contributed by atoms with Gasteiger partial charge in [0.2, 0.25) is 5.91 Å². The second-order valence-electron chi connectivity index (χ2n) is 5.78. The van der Waals surface area contributed by atoms with E-state index in [2.05, 4.69) is 12.2 Å². The minimum absolute atomic E-state index is 0. The van der Waals surface area contributed by atoms with Gasteiger partial charge in [-0.2, -0.15) is 0 Å². The van der Waals surface area contributed by atoms with E-state index in [1.54, 1.807) is 0 Å². The van der Waals surface area contributed by atoms with Crippen LogP contribution in [-0.4, -0.2) is 18.0 Å². The highest BCUT2D eigenvalue weighted by atomic mass is 35.5. The lowest BCUT2D eigenvalue weighted by atomic mass is 9.83. The Hall–Kier alpha value is -0.280. The molecule has 108 valence electrons. The molecule has 0 heterocycles. The Morgan fingerprint density at radius 1 is 1.28 bits per heavy atom. The molecule has 3 N–H and O–H groups in total. The standard InChI is InChI=1S/C14H28N2O.ClH/c1-4-5-11-6-8-12(9-7-11)16-14(17)13(15)10(2)3;/h10-13H,4-9,15H2,1-3H3,(H,16,17);1H/t11?,12?,13-;/m1./s1. The van der Waals surface area contributed by atoms with Crippen LogP contribution in [0.1, 0.15) is 59.3 Å². The highest BCUT2D eigenvalue weighted by molar-refractivity contribution is 5.85. The maximum Gasteiger partial charge on any atom is 0.237 e. The van der Waals surface area contributed by atoms with Crippen molar-refractivity contribution in [2.45, 2.75) is 71.4 Å². The first-order chi connectivity index (χ1) is 8.04. The third-order valence-corrected chi connectivity index (χ3v) is 3.91. The van der Waals surface area contributed by atoms with E-state index in [4.69, 9.17) is 5.73 Å². The molecule has 3 nitrogen and oxygen atoms in total. The number of rotatable bonds is 5. The highest BCUT2D eigenvalue weighted by Gasteiger charge is 2.24. The van der Waals surface area contributed by atoms with E-state index < -0.39 is 0 Å². The van der Waals surface area contributed by atoms with Crippen molar-refractivity contribution in [1.29, 1.82) is 0 Å². The van der Waals surface area contributed by atoms with Crippen molar-refractivity contribution in [3.8, 4) is 0 Å². The van der Waals surface area contributed by atoms with Crippen LogP contribution in [0.3, 0.4) is 0 Å². The van der Waals surface area contributed by atoms with Crippen LogP contribution < -0.4 is 11.1 Å². The highest BCUT2D eigenvalue weighted by Crippen LogP contribution is 2.27. The van der Waals surface area contributed by atoms with Crippen molar-refractivity contribution < 1.29 is 4.79 Å². The van der Waals surface area contributed by atoms with Crippen LogP contribution in [0.4, 0.5) is 0 Å². The number of amides is 1. The number of hydrogen-bond acceptors (Lipinski definition) is 2. The summed E-state index contributed by atoms with van der Waals surface area (Å²) in [5.41, 5.74) is 5.84. The Labute approximate surface area is 118 Å². The lowest BCUT2D eigenvalue weighted by Crippen LogP contribution is -2.48. The van der Waals surface area contributed by atoms with Gasteiger partial charge >= 0.3 is 0 Å². The number of nitrogens with one attached hydrogen (secondary N) is 1. The number of hydrogen-bond donors (Lipinski definition) is 2. The molecule has 1 saturated carbocycles. The molecule has 18 heavy (non-hydrogen) atoms. The second kappa shape index (κ2) is 8.76. The first-order valence-electron chi connectivity index (χ1n) is 7.10. The first kappa shape index (κ1) is 17.7. The van der Waals surface area contributed by atoms with Gasteiger partial charge < -0.3 is 11.1 Å². The molecule has 0 aromatic rings. The Balaban J connectivity index is 0.00000289. The molecule has 1 aliphatic carbocycles. The molecule has 0 unspecified atom stereocenters. The van der Waals surface area contributed by atoms with Crippen molar-refractivity contribution in [3.63, 3.8) is 0 Å². The summed E-state index contributed by atoms with van der Waals surface area (Å²) in [7, 11) is 0. The monoisotopic (exact) mass is 276 g/mol. The van der Waals surface area contributed by atoms with Gasteiger partial charge in [-0.3, -0.25) is 4.79 Å². The zero-order valence-electron chi connectivity index (χ0n) is 11.9. The fourth-order valence-electron chi connectivity index (χ4n) is 2.60. The molecular formula is C14H29ClN2O. The predicted molar refractivity (Wildman–Crippen MR) is 78.9 cm³/mol. The summed E-state index contributed by atoms with van der Waals surface area (Å²) >= 11 is 0. The van der Waals surface area contributed by atoms with Crippen LogP contribution in [0.2, 0.25) is 0 Å². The quantitative estimate of drug-likeness (QED) is 0.811. The Morgan fingerprint density at radius 3 is 2.28 bits per heavy atom. The number of nitrogens with two attached hydrogens (primary N) is 1. The molecule has 0 aromatic carbocycles. The van der Waals surface area contributed by atoms with Gasteiger partial charge in [0.25, 0.3) is 0 Å². The van der Waals surface area contributed by atoms with Gasteiger partial charge in [0.05, 0.1) is 6.04 Å². The third kappa shape index (κ3) is 5.57. The van der Waals surface area contributed by atoms with Crippen molar-refractivity contribution >= 4 is 18.3 Å². The van der Waals surface area contributed by atoms with Crippen molar-refractivity contribution in [3.05, 3.63) is 0 Å². The predicted octanol–water partition coefficient (Wildman–Crippen LogP) is 2.87. The molecule has 1 rings (SSSR count). The second-order valence-corrected chi connectivity index (χ2v) is 5.78. The molecule has 0 aromatic heterocycles. The minimum atomic E-state index is -0.358. The zero-order chi connectivity index (χ0) is 12.8. The summed E-state index contributed by atoms with van der Waals surface area (Å²) in [4.78, 5) is 11.8. The van der Waals surface area contributed by atoms with Gasteiger partial charge in [0.15, 0.2) is 0 Å². The summed E-state index contributed by atoms with van der Waals surface area (Å²) in [6.07, 6.45) is 7.39. The van der Waals surface area contributed by atoms with E-state index >= 15 is 0 Å². The molecule has 0 aliphatic heterocycles. The summed E-state index contributed by atoms with van der Waals surface area (Å²) in [6.45, 7) is 6.22. The maximum atomic E-state index is 11.8. The third-order valence-electron chi connectivity index (χ3n) is 3.91. The molecule has 1 fully saturated rings. The summed E-state index contributed by atoms with van der Waals surface area (Å²) in [6, 6.07) is 0.00349. The van der Waals surface area contributed by atoms with E-state index in [9.17, 15) is 4.79 Å². The Kier molecular flexibility index (Phi) is 8.62. The Morgan fingerprint density at radius 2 is 1.83 bits per heavy atom. The van der Waals surface area contributed by atoms with Crippen LogP contribution in [0.25, 0.3) is 0 Å². The molecule has 1 atom stereocenters. The van der Waals surface area contributed by atoms with Crippen molar-refractivity contribution in [2.24, 2.45) is 17.6 Å². The summed E-state index contributed by atoms with van der Waals surface area (Å²) in [5, 5.41) is 3.10. The van der Waals surface area contributed by atoms with Crippen LogP contribution in [0.15, 0.2) is 0 Å². The number of carbonyl (C=O) groups is 1. The molecule has 0 spiro atoms. The van der Waals surface area contributed by atoms with Gasteiger partial charge in [-0.1, -0.05) is 33.6 Å². The molecule has 0 radical (unpaired) electrons. The van der Waals surface area contributed by atoms with Crippen LogP contribution in [0.5, 0.6) is 0 Å². The average Bonchev–Trinajstić information content (AvgIpc) is 2.30. The number of carbonyl (C=O) groups excluding carboxylic acids is 1. The van der Waals surface area contributed by atoms with Crippen LogP contribution >= 0.6 is 12.4 Å². The minimum Gasteiger partial charge on any atom is -0.352 e. The van der Waals surface area contributed by atoms with Crippen molar-refractivity contribution in [1.82, 2.24) is 5.32 Å². The lowest BCUT2D eigenvalue weighted by molar-refractivity contribution is -0.124. The van der Waals surface area contributed by atoms with Crippen LogP contribution in [-0.2, 0) is 4.79 Å². The first-order valence-corrected chi connectivity index (χ1v) is 7.10. The topological polar surface area (TPSA) is 55.1 Å². The fraction of sp³-hybridized carbons (Fsp3) is 0.929. The smallest absolute Gasteiger partial charge is 0.237 e. The van der Waals surface area contributed by atoms with Gasteiger partial charge in [0, 0.05) is 6.04 Å². The van der Waals surface area contributed by atoms with Gasteiger partial charge in [0.1, 0.15) is 0 Å². The average molecular weight is 277 g/mol.